The summed E-state index contributed by atoms with van der Waals surface area (Å²) in [7, 11) is 0. The molecule has 1 N–H and O–H groups in total. The monoisotopic (exact) mass is 360 g/mol. The standard InChI is InChI=1S/C20H24O6/c1-6-11(3)19(23)25-17-12(4)9-14(21)7-10(2)8-15(22)16-13(5)20(24)26-18(16)17/h6-7,9,15-18,22H,5,8H2,1-4H3/b10-7?,11-6-,12-9-/t15-,16+,17?,18-/m0/s1. The van der Waals surface area contributed by atoms with Gasteiger partial charge in [-0.15, -0.1) is 0 Å². The van der Waals surface area contributed by atoms with Crippen LogP contribution in [0.3, 0.4) is 0 Å². The molecule has 0 aromatic carbocycles. The van der Waals surface area contributed by atoms with E-state index in [1.54, 1.807) is 33.8 Å². The number of ketones is 1. The van der Waals surface area contributed by atoms with Gasteiger partial charge < -0.3 is 14.6 Å². The number of ether oxygens (including phenoxy) is 2. The highest BCUT2D eigenvalue weighted by molar-refractivity contribution is 6.00. The maximum absolute atomic E-state index is 12.3. The molecular weight excluding hydrogens is 336 g/mol. The lowest BCUT2D eigenvalue weighted by molar-refractivity contribution is -0.157. The third kappa shape index (κ3) is 4.02. The van der Waals surface area contributed by atoms with Crippen molar-refractivity contribution in [2.24, 2.45) is 5.92 Å². The van der Waals surface area contributed by atoms with E-state index in [4.69, 9.17) is 9.47 Å². The van der Waals surface area contributed by atoms with E-state index in [0.29, 0.717) is 16.7 Å². The Morgan fingerprint density at radius 2 is 2.00 bits per heavy atom. The number of aliphatic hydroxyl groups is 1. The average Bonchev–Trinajstić information content (AvgIpc) is 2.85. The lowest BCUT2D eigenvalue weighted by atomic mass is 9.83. The van der Waals surface area contributed by atoms with Crippen LogP contribution in [0, 0.1) is 5.92 Å². The van der Waals surface area contributed by atoms with E-state index < -0.39 is 36.2 Å². The number of hydrogen-bond donors (Lipinski definition) is 1. The van der Waals surface area contributed by atoms with Crippen LogP contribution in [-0.2, 0) is 23.9 Å². The Labute approximate surface area is 152 Å². The SMILES string of the molecule is C=C1C(=O)O[C@@H]2C(OC(=O)/C(C)=C\C)/C(C)=C\C(=O)C=C(C)C[C@H](O)[C@@H]12. The fraction of sp³-hybridized carbons (Fsp3) is 0.450. The van der Waals surface area contributed by atoms with E-state index in [2.05, 4.69) is 6.58 Å². The van der Waals surface area contributed by atoms with Gasteiger partial charge in [0.15, 0.2) is 18.0 Å². The summed E-state index contributed by atoms with van der Waals surface area (Å²) in [5.74, 6) is -2.23. The molecule has 6 nitrogen and oxygen atoms in total. The van der Waals surface area contributed by atoms with Gasteiger partial charge in [0.25, 0.3) is 0 Å². The molecule has 1 aliphatic heterocycles. The highest BCUT2D eigenvalue weighted by Crippen LogP contribution is 2.37. The summed E-state index contributed by atoms with van der Waals surface area (Å²) in [4.78, 5) is 36.5. The molecule has 0 bridgehead atoms. The number of fused-ring (bicyclic) bond motifs is 1. The highest BCUT2D eigenvalue weighted by atomic mass is 16.6. The second-order valence-corrected chi connectivity index (χ2v) is 6.77. The molecule has 1 fully saturated rings. The lowest BCUT2D eigenvalue weighted by Crippen LogP contribution is -2.41. The van der Waals surface area contributed by atoms with Crippen molar-refractivity contribution in [3.63, 3.8) is 0 Å². The predicted molar refractivity (Wildman–Crippen MR) is 95.0 cm³/mol. The van der Waals surface area contributed by atoms with Crippen molar-refractivity contribution in [3.05, 3.63) is 47.1 Å². The zero-order valence-corrected chi connectivity index (χ0v) is 15.4. The van der Waals surface area contributed by atoms with Crippen LogP contribution in [0.5, 0.6) is 0 Å². The fourth-order valence-electron chi connectivity index (χ4n) is 3.16. The van der Waals surface area contributed by atoms with E-state index in [1.807, 2.05) is 0 Å². The van der Waals surface area contributed by atoms with Gasteiger partial charge in [0, 0.05) is 11.1 Å². The second kappa shape index (κ2) is 7.83. The Hall–Kier alpha value is -2.47. The van der Waals surface area contributed by atoms with Crippen LogP contribution in [0.2, 0.25) is 0 Å². The molecule has 0 aromatic heterocycles. The van der Waals surface area contributed by atoms with Gasteiger partial charge in [-0.2, -0.15) is 0 Å². The third-order valence-electron chi connectivity index (χ3n) is 4.70. The molecule has 2 rings (SSSR count). The molecule has 1 saturated heterocycles. The first-order valence-electron chi connectivity index (χ1n) is 8.46. The van der Waals surface area contributed by atoms with Crippen molar-refractivity contribution in [1.82, 2.24) is 0 Å². The van der Waals surface area contributed by atoms with Crippen molar-refractivity contribution in [2.45, 2.75) is 52.4 Å². The van der Waals surface area contributed by atoms with E-state index >= 15 is 0 Å². The molecule has 26 heavy (non-hydrogen) atoms. The number of rotatable bonds is 2. The van der Waals surface area contributed by atoms with E-state index in [0.717, 1.165) is 0 Å². The summed E-state index contributed by atoms with van der Waals surface area (Å²) < 4.78 is 10.9. The number of carbonyl (C=O) groups excluding carboxylic acids is 3. The number of allylic oxidation sites excluding steroid dienone is 3. The van der Waals surface area contributed by atoms with Crippen molar-refractivity contribution >= 4 is 17.7 Å². The number of hydrogen-bond acceptors (Lipinski definition) is 6. The van der Waals surface area contributed by atoms with Crippen LogP contribution < -0.4 is 0 Å². The van der Waals surface area contributed by atoms with Gasteiger partial charge in [0.2, 0.25) is 0 Å². The van der Waals surface area contributed by atoms with Gasteiger partial charge in [0.1, 0.15) is 0 Å². The van der Waals surface area contributed by atoms with Gasteiger partial charge in [-0.25, -0.2) is 9.59 Å². The van der Waals surface area contributed by atoms with Crippen LogP contribution in [0.25, 0.3) is 0 Å². The minimum absolute atomic E-state index is 0.138. The summed E-state index contributed by atoms with van der Waals surface area (Å²) in [6.45, 7) is 10.4. The molecule has 6 heteroatoms. The van der Waals surface area contributed by atoms with Crippen LogP contribution in [0.1, 0.15) is 34.1 Å². The summed E-state index contributed by atoms with van der Waals surface area (Å²) in [6, 6.07) is 0. The predicted octanol–water partition coefficient (Wildman–Crippen LogP) is 2.19. The van der Waals surface area contributed by atoms with E-state index in [1.165, 1.54) is 12.2 Å². The first-order valence-corrected chi connectivity index (χ1v) is 8.46. The van der Waals surface area contributed by atoms with Crippen molar-refractivity contribution < 1.29 is 29.0 Å². The maximum Gasteiger partial charge on any atom is 0.334 e. The molecule has 0 amide bonds. The Balaban J connectivity index is 2.52. The molecule has 1 heterocycles. The van der Waals surface area contributed by atoms with Gasteiger partial charge >= 0.3 is 11.9 Å². The molecular formula is C20H24O6. The van der Waals surface area contributed by atoms with Gasteiger partial charge in [-0.05, 0) is 51.8 Å². The molecule has 1 unspecified atom stereocenters. The van der Waals surface area contributed by atoms with Crippen LogP contribution in [0.15, 0.2) is 47.1 Å². The smallest absolute Gasteiger partial charge is 0.334 e. The summed E-state index contributed by atoms with van der Waals surface area (Å²) in [5.41, 5.74) is 1.64. The molecule has 2 aliphatic rings. The normalized spacial score (nSPS) is 32.2. The maximum atomic E-state index is 12.3. The zero-order chi connectivity index (χ0) is 19.6. The summed E-state index contributed by atoms with van der Waals surface area (Å²) in [5, 5.41) is 10.6. The van der Waals surface area contributed by atoms with Gasteiger partial charge in [-0.1, -0.05) is 18.2 Å². The Kier molecular flexibility index (Phi) is 5.97. The summed E-state index contributed by atoms with van der Waals surface area (Å²) >= 11 is 0. The van der Waals surface area contributed by atoms with Crippen molar-refractivity contribution in [1.29, 1.82) is 0 Å². The van der Waals surface area contributed by atoms with Crippen LogP contribution in [0.4, 0.5) is 0 Å². The topological polar surface area (TPSA) is 89.9 Å². The first kappa shape index (κ1) is 19.8. The number of carbonyl (C=O) groups is 3. The Morgan fingerprint density at radius 1 is 1.35 bits per heavy atom. The van der Waals surface area contributed by atoms with Crippen molar-refractivity contribution in [2.75, 3.05) is 0 Å². The van der Waals surface area contributed by atoms with E-state index in [9.17, 15) is 19.5 Å². The first-order chi connectivity index (χ1) is 12.1. The molecule has 0 radical (unpaired) electrons. The number of aliphatic hydroxyl groups excluding tert-OH is 1. The molecule has 0 spiro atoms. The molecule has 4 atom stereocenters. The summed E-state index contributed by atoms with van der Waals surface area (Å²) in [6.07, 6.45) is 1.65. The quantitative estimate of drug-likeness (QED) is 0.600. The van der Waals surface area contributed by atoms with Crippen molar-refractivity contribution in [3.8, 4) is 0 Å². The minimum atomic E-state index is -0.990. The van der Waals surface area contributed by atoms with Crippen LogP contribution >= 0.6 is 0 Å². The fourth-order valence-corrected chi connectivity index (χ4v) is 3.16. The highest BCUT2D eigenvalue weighted by Gasteiger charge is 2.48. The van der Waals surface area contributed by atoms with Crippen LogP contribution in [-0.4, -0.2) is 41.1 Å². The molecule has 0 aromatic rings. The Morgan fingerprint density at radius 3 is 2.62 bits per heavy atom. The second-order valence-electron chi connectivity index (χ2n) is 6.77. The minimum Gasteiger partial charge on any atom is -0.454 e. The lowest BCUT2D eigenvalue weighted by Gasteiger charge is -2.30. The molecule has 140 valence electrons. The molecule has 0 saturated carbocycles. The third-order valence-corrected chi connectivity index (χ3v) is 4.70. The van der Waals surface area contributed by atoms with Gasteiger partial charge in [0.05, 0.1) is 12.0 Å². The Bertz CT molecular complexity index is 739. The average molecular weight is 360 g/mol. The van der Waals surface area contributed by atoms with Gasteiger partial charge in [-0.3, -0.25) is 4.79 Å². The van der Waals surface area contributed by atoms with E-state index in [-0.39, 0.29) is 17.8 Å². The molecule has 1 aliphatic carbocycles. The largest absolute Gasteiger partial charge is 0.454 e. The number of esters is 2. The zero-order valence-electron chi connectivity index (χ0n) is 15.4.